The van der Waals surface area contributed by atoms with Crippen molar-refractivity contribution in [3.8, 4) is 5.88 Å². The van der Waals surface area contributed by atoms with Crippen LogP contribution in [0.3, 0.4) is 0 Å². The molecule has 2 heterocycles. The van der Waals surface area contributed by atoms with E-state index in [2.05, 4.69) is 15.5 Å². The molecular formula is C25H29F3N4O5. The first kappa shape index (κ1) is 26.7. The molecule has 2 amide bonds. The lowest BCUT2D eigenvalue weighted by Crippen LogP contribution is -2.63. The van der Waals surface area contributed by atoms with Crippen LogP contribution in [-0.4, -0.2) is 60.6 Å². The molecule has 2 aromatic rings. The number of methoxy groups -OCH3 is 1. The van der Waals surface area contributed by atoms with Crippen LogP contribution in [0.4, 0.5) is 13.2 Å². The number of hydrogen-bond donors (Lipinski definition) is 3. The topological polar surface area (TPSA) is 118 Å². The summed E-state index contributed by atoms with van der Waals surface area (Å²) in [4.78, 5) is 26.6. The third-order valence-electron chi connectivity index (χ3n) is 7.06. The fourth-order valence-electron chi connectivity index (χ4n) is 4.91. The van der Waals surface area contributed by atoms with Crippen molar-refractivity contribution >= 4 is 11.8 Å². The lowest BCUT2D eigenvalue weighted by molar-refractivity contribution is -0.613. The molecule has 9 nitrogen and oxygen atoms in total. The number of carbonyl (C=O) groups is 2. The Bertz CT molecular complexity index is 1150. The normalized spacial score (nSPS) is 22.7. The number of carbonyl (C=O) groups excluding carboxylic acids is 2. The number of nitrogens with one attached hydrogen (secondary N) is 2. The first-order valence-electron chi connectivity index (χ1n) is 12.0. The molecule has 2 aliphatic rings. The standard InChI is InChI=1S/C25H29F3N4O5/c1-37-22-6-5-18(13-32(22)36)24(35)9-7-20(8-10-24)31-14-19(15-31)30-21(33)12-29-23(34)16-3-2-4-17(11-16)25(26,27)28/h2-6,11,13,19-20,35H,7-10,12,14-15H2,1H3,(H,29,34)(H,30,33)/t20-,24-. The van der Waals surface area contributed by atoms with E-state index in [0.717, 1.165) is 31.0 Å². The van der Waals surface area contributed by atoms with E-state index in [1.165, 1.54) is 25.4 Å². The van der Waals surface area contributed by atoms with Crippen molar-refractivity contribution in [3.05, 3.63) is 64.5 Å². The zero-order chi connectivity index (χ0) is 26.8. The number of aromatic nitrogens is 1. The second-order valence-corrected chi connectivity index (χ2v) is 9.53. The number of benzene rings is 1. The predicted octanol–water partition coefficient (Wildman–Crippen LogP) is 1.71. The highest BCUT2D eigenvalue weighted by atomic mass is 19.4. The maximum absolute atomic E-state index is 12.8. The van der Waals surface area contributed by atoms with Crippen LogP contribution in [-0.2, 0) is 16.6 Å². The van der Waals surface area contributed by atoms with Crippen LogP contribution in [0.1, 0.15) is 47.2 Å². The number of rotatable bonds is 7. The van der Waals surface area contributed by atoms with Gasteiger partial charge in [-0.3, -0.25) is 14.5 Å². The van der Waals surface area contributed by atoms with E-state index >= 15 is 0 Å². The summed E-state index contributed by atoms with van der Waals surface area (Å²) in [5.74, 6) is -1.02. The highest BCUT2D eigenvalue weighted by molar-refractivity contribution is 5.96. The van der Waals surface area contributed by atoms with Gasteiger partial charge >= 0.3 is 12.1 Å². The average molecular weight is 523 g/mol. The van der Waals surface area contributed by atoms with Gasteiger partial charge in [0.15, 0.2) is 6.20 Å². The van der Waals surface area contributed by atoms with Gasteiger partial charge in [-0.2, -0.15) is 13.2 Å². The van der Waals surface area contributed by atoms with Crippen molar-refractivity contribution in [1.82, 2.24) is 15.5 Å². The second kappa shape index (κ2) is 10.5. The Balaban J connectivity index is 1.19. The molecule has 1 aromatic carbocycles. The van der Waals surface area contributed by atoms with Gasteiger partial charge in [-0.25, -0.2) is 0 Å². The lowest BCUT2D eigenvalue weighted by Gasteiger charge is -2.48. The molecule has 200 valence electrons. The SMILES string of the molecule is COc1ccc([C@]2(O)CC[C@H](N3CC(NC(=O)CNC(=O)c4cccc(C(F)(F)F)c4)C3)CC2)c[n+]1[O-]. The van der Waals surface area contributed by atoms with Crippen LogP contribution < -0.4 is 20.1 Å². The number of halogens is 3. The van der Waals surface area contributed by atoms with Crippen molar-refractivity contribution < 1.29 is 37.3 Å². The van der Waals surface area contributed by atoms with E-state index in [0.29, 0.717) is 36.2 Å². The number of ether oxygens (including phenoxy) is 1. The van der Waals surface area contributed by atoms with Crippen molar-refractivity contribution in [2.24, 2.45) is 0 Å². The van der Waals surface area contributed by atoms with Gasteiger partial charge in [0.05, 0.1) is 36.9 Å². The highest BCUT2D eigenvalue weighted by Crippen LogP contribution is 2.39. The highest BCUT2D eigenvalue weighted by Gasteiger charge is 2.41. The van der Waals surface area contributed by atoms with E-state index in [-0.39, 0.29) is 30.1 Å². The Morgan fingerprint density at radius 1 is 1.22 bits per heavy atom. The van der Waals surface area contributed by atoms with Crippen LogP contribution in [0.2, 0.25) is 0 Å². The fraction of sp³-hybridized carbons (Fsp3) is 0.480. The molecule has 2 fully saturated rings. The molecule has 1 saturated carbocycles. The van der Waals surface area contributed by atoms with E-state index in [9.17, 15) is 33.1 Å². The zero-order valence-electron chi connectivity index (χ0n) is 20.3. The van der Waals surface area contributed by atoms with Gasteiger partial charge in [0.2, 0.25) is 5.91 Å². The Hall–Kier alpha value is -3.38. The minimum absolute atomic E-state index is 0.0974. The summed E-state index contributed by atoms with van der Waals surface area (Å²) in [6.45, 7) is 0.905. The van der Waals surface area contributed by atoms with E-state index < -0.39 is 29.2 Å². The molecule has 0 atom stereocenters. The molecule has 0 radical (unpaired) electrons. The van der Waals surface area contributed by atoms with Crippen LogP contribution in [0.15, 0.2) is 42.6 Å². The molecule has 4 rings (SSSR count). The van der Waals surface area contributed by atoms with E-state index in [4.69, 9.17) is 4.74 Å². The van der Waals surface area contributed by atoms with Gasteiger partial charge in [-0.1, -0.05) is 6.07 Å². The monoisotopic (exact) mass is 522 g/mol. The van der Waals surface area contributed by atoms with Crippen LogP contribution in [0, 0.1) is 5.21 Å². The predicted molar refractivity (Wildman–Crippen MR) is 125 cm³/mol. The molecule has 3 N–H and O–H groups in total. The maximum Gasteiger partial charge on any atom is 0.416 e. The first-order valence-corrected chi connectivity index (χ1v) is 12.0. The molecule has 0 bridgehead atoms. The summed E-state index contributed by atoms with van der Waals surface area (Å²) in [7, 11) is 1.41. The Morgan fingerprint density at radius 2 is 1.92 bits per heavy atom. The van der Waals surface area contributed by atoms with Crippen LogP contribution in [0.25, 0.3) is 0 Å². The summed E-state index contributed by atoms with van der Waals surface area (Å²) in [6.07, 6.45) is -0.751. The molecule has 1 aliphatic carbocycles. The van der Waals surface area contributed by atoms with Gasteiger partial charge in [-0.05, 0) is 49.9 Å². The van der Waals surface area contributed by atoms with Crippen molar-refractivity contribution in [3.63, 3.8) is 0 Å². The van der Waals surface area contributed by atoms with E-state index in [1.54, 1.807) is 6.07 Å². The van der Waals surface area contributed by atoms with Crippen LogP contribution >= 0.6 is 0 Å². The minimum Gasteiger partial charge on any atom is -0.616 e. The molecule has 1 saturated heterocycles. The molecule has 0 spiro atoms. The van der Waals surface area contributed by atoms with E-state index in [1.807, 2.05) is 0 Å². The summed E-state index contributed by atoms with van der Waals surface area (Å²) < 4.78 is 44.0. The molecular weight excluding hydrogens is 493 g/mol. The number of pyridine rings is 1. The van der Waals surface area contributed by atoms with Gasteiger partial charge < -0.3 is 25.7 Å². The molecule has 1 aromatic heterocycles. The number of alkyl halides is 3. The summed E-state index contributed by atoms with van der Waals surface area (Å²) >= 11 is 0. The minimum atomic E-state index is -4.56. The third-order valence-corrected chi connectivity index (χ3v) is 7.06. The summed E-state index contributed by atoms with van der Waals surface area (Å²) in [5.41, 5.74) is -1.62. The fourth-order valence-corrected chi connectivity index (χ4v) is 4.91. The molecule has 12 heteroatoms. The second-order valence-electron chi connectivity index (χ2n) is 9.53. The number of likely N-dealkylation sites (tertiary alicyclic amines) is 1. The maximum atomic E-state index is 12.8. The first-order chi connectivity index (χ1) is 17.5. The Labute approximate surface area is 211 Å². The summed E-state index contributed by atoms with van der Waals surface area (Å²) in [5, 5.41) is 28.2. The van der Waals surface area contributed by atoms with Crippen LogP contribution in [0.5, 0.6) is 5.88 Å². The number of nitrogens with zero attached hydrogens (tertiary/aromatic N) is 2. The Morgan fingerprint density at radius 3 is 2.54 bits per heavy atom. The zero-order valence-corrected chi connectivity index (χ0v) is 20.3. The third kappa shape index (κ3) is 6.13. The van der Waals surface area contributed by atoms with Crippen molar-refractivity contribution in [2.75, 3.05) is 26.7 Å². The van der Waals surface area contributed by atoms with Crippen molar-refractivity contribution in [1.29, 1.82) is 0 Å². The molecule has 37 heavy (non-hydrogen) atoms. The Kier molecular flexibility index (Phi) is 7.60. The summed E-state index contributed by atoms with van der Waals surface area (Å²) in [6, 6.07) is 7.40. The number of amides is 2. The van der Waals surface area contributed by atoms with Gasteiger partial charge in [-0.15, -0.1) is 4.73 Å². The smallest absolute Gasteiger partial charge is 0.416 e. The van der Waals surface area contributed by atoms with Gasteiger partial charge in [0.1, 0.15) is 0 Å². The largest absolute Gasteiger partial charge is 0.616 e. The quantitative estimate of drug-likeness (QED) is 0.377. The molecule has 0 unspecified atom stereocenters. The number of hydrogen-bond acceptors (Lipinski definition) is 6. The average Bonchev–Trinajstić information content (AvgIpc) is 2.84. The lowest BCUT2D eigenvalue weighted by atomic mass is 9.77. The van der Waals surface area contributed by atoms with Gasteiger partial charge in [0.25, 0.3) is 5.91 Å². The van der Waals surface area contributed by atoms with Crippen molar-refractivity contribution in [2.45, 2.75) is 49.5 Å². The number of aliphatic hydroxyl groups is 1. The molecule has 1 aliphatic heterocycles. The van der Waals surface area contributed by atoms with Gasteiger partial charge in [0, 0.05) is 30.3 Å².